The maximum absolute atomic E-state index is 11.8. The Morgan fingerprint density at radius 2 is 2.00 bits per heavy atom. The van der Waals surface area contributed by atoms with Crippen LogP contribution in [0, 0.1) is 0 Å². The summed E-state index contributed by atoms with van der Waals surface area (Å²) < 4.78 is 10.9. The molecule has 0 aromatic heterocycles. The van der Waals surface area contributed by atoms with E-state index in [0.717, 1.165) is 30.8 Å². The third-order valence-electron chi connectivity index (χ3n) is 2.90. The number of carbonyl (C=O) groups excluding carboxylic acids is 1. The maximum Gasteiger partial charge on any atom is 0.347 e. The predicted molar refractivity (Wildman–Crippen MR) is 79.8 cm³/mol. The Labute approximate surface area is 121 Å². The summed E-state index contributed by atoms with van der Waals surface area (Å²) in [7, 11) is 0. The Morgan fingerprint density at radius 3 is 2.65 bits per heavy atom. The first kappa shape index (κ1) is 16.5. The van der Waals surface area contributed by atoms with E-state index in [1.165, 1.54) is 0 Å². The van der Waals surface area contributed by atoms with Crippen molar-refractivity contribution in [2.45, 2.75) is 46.3 Å². The van der Waals surface area contributed by atoms with Crippen molar-refractivity contribution in [3.8, 4) is 5.75 Å². The zero-order chi connectivity index (χ0) is 14.8. The molecule has 0 aliphatic carbocycles. The highest BCUT2D eigenvalue weighted by molar-refractivity contribution is 5.75. The van der Waals surface area contributed by atoms with Gasteiger partial charge in [0.25, 0.3) is 0 Å². The van der Waals surface area contributed by atoms with E-state index in [4.69, 9.17) is 9.47 Å². The highest BCUT2D eigenvalue weighted by atomic mass is 16.6. The number of benzene rings is 1. The maximum atomic E-state index is 11.8. The fourth-order valence-corrected chi connectivity index (χ4v) is 1.85. The second kappa shape index (κ2) is 9.37. The number of hydrogen-bond acceptors (Lipinski definition) is 4. The van der Waals surface area contributed by atoms with Gasteiger partial charge in [0.2, 0.25) is 0 Å². The predicted octanol–water partition coefficient (Wildman–Crippen LogP) is 2.91. The standard InChI is InChI=1S/C16H25NO3/c1-4-11-17-12-13-9-7-8-10-15(13)20-14(5-2)16(18)19-6-3/h7-10,14,17H,4-6,11-12H2,1-3H3. The lowest BCUT2D eigenvalue weighted by molar-refractivity contribution is -0.151. The molecule has 0 fully saturated rings. The van der Waals surface area contributed by atoms with E-state index < -0.39 is 6.10 Å². The first-order valence-electron chi connectivity index (χ1n) is 7.34. The third-order valence-corrected chi connectivity index (χ3v) is 2.90. The van der Waals surface area contributed by atoms with Crippen molar-refractivity contribution in [1.82, 2.24) is 5.32 Å². The SMILES string of the molecule is CCCNCc1ccccc1OC(CC)C(=O)OCC. The summed E-state index contributed by atoms with van der Waals surface area (Å²) in [6.45, 7) is 7.92. The molecule has 1 unspecified atom stereocenters. The van der Waals surface area contributed by atoms with Gasteiger partial charge in [-0.05, 0) is 32.4 Å². The molecule has 4 nitrogen and oxygen atoms in total. The molecule has 0 heterocycles. The minimum Gasteiger partial charge on any atom is -0.478 e. The Bertz CT molecular complexity index is 406. The molecule has 0 amide bonds. The highest BCUT2D eigenvalue weighted by Crippen LogP contribution is 2.20. The van der Waals surface area contributed by atoms with Gasteiger partial charge >= 0.3 is 5.97 Å². The fourth-order valence-electron chi connectivity index (χ4n) is 1.85. The summed E-state index contributed by atoms with van der Waals surface area (Å²) in [6.07, 6.45) is 1.14. The van der Waals surface area contributed by atoms with Gasteiger partial charge in [-0.1, -0.05) is 32.0 Å². The molecule has 1 aromatic carbocycles. The normalized spacial score (nSPS) is 11.9. The van der Waals surface area contributed by atoms with Crippen LogP contribution in [0.25, 0.3) is 0 Å². The third kappa shape index (κ3) is 5.21. The van der Waals surface area contributed by atoms with Crippen molar-refractivity contribution >= 4 is 5.97 Å². The molecular weight excluding hydrogens is 254 g/mol. The zero-order valence-corrected chi connectivity index (χ0v) is 12.6. The lowest BCUT2D eigenvalue weighted by Gasteiger charge is -2.18. The minimum atomic E-state index is -0.540. The quantitative estimate of drug-likeness (QED) is 0.558. The van der Waals surface area contributed by atoms with Crippen LogP contribution >= 0.6 is 0 Å². The van der Waals surface area contributed by atoms with E-state index >= 15 is 0 Å². The molecule has 112 valence electrons. The molecule has 20 heavy (non-hydrogen) atoms. The van der Waals surface area contributed by atoms with Gasteiger partial charge in [0.15, 0.2) is 6.10 Å². The van der Waals surface area contributed by atoms with E-state index in [2.05, 4.69) is 12.2 Å². The number of nitrogens with one attached hydrogen (secondary N) is 1. The van der Waals surface area contributed by atoms with Crippen molar-refractivity contribution in [2.24, 2.45) is 0 Å². The van der Waals surface area contributed by atoms with Crippen LogP contribution in [-0.4, -0.2) is 25.2 Å². The first-order chi connectivity index (χ1) is 9.72. The van der Waals surface area contributed by atoms with Gasteiger partial charge < -0.3 is 14.8 Å². The molecule has 1 aromatic rings. The van der Waals surface area contributed by atoms with Crippen LogP contribution in [-0.2, 0) is 16.1 Å². The summed E-state index contributed by atoms with van der Waals surface area (Å²) in [5, 5.41) is 3.34. The Hall–Kier alpha value is -1.55. The van der Waals surface area contributed by atoms with Crippen LogP contribution in [0.4, 0.5) is 0 Å². The lowest BCUT2D eigenvalue weighted by atomic mass is 10.2. The van der Waals surface area contributed by atoms with E-state index in [-0.39, 0.29) is 5.97 Å². The molecule has 0 saturated carbocycles. The van der Waals surface area contributed by atoms with Crippen LogP contribution < -0.4 is 10.1 Å². The average molecular weight is 279 g/mol. The average Bonchev–Trinajstić information content (AvgIpc) is 2.46. The van der Waals surface area contributed by atoms with Gasteiger partial charge in [-0.3, -0.25) is 0 Å². The topological polar surface area (TPSA) is 47.6 Å². The van der Waals surface area contributed by atoms with Crippen LogP contribution in [0.1, 0.15) is 39.2 Å². The second-order valence-electron chi connectivity index (χ2n) is 4.55. The Balaban J connectivity index is 2.71. The molecule has 1 N–H and O–H groups in total. The van der Waals surface area contributed by atoms with Crippen LogP contribution in [0.5, 0.6) is 5.75 Å². The lowest BCUT2D eigenvalue weighted by Crippen LogP contribution is -2.29. The van der Waals surface area contributed by atoms with Crippen LogP contribution in [0.2, 0.25) is 0 Å². The molecule has 4 heteroatoms. The molecule has 0 spiro atoms. The number of carbonyl (C=O) groups is 1. The molecule has 0 bridgehead atoms. The summed E-state index contributed by atoms with van der Waals surface area (Å²) in [4.78, 5) is 11.8. The summed E-state index contributed by atoms with van der Waals surface area (Å²) >= 11 is 0. The number of ether oxygens (including phenoxy) is 2. The molecule has 1 atom stereocenters. The van der Waals surface area contributed by atoms with E-state index in [1.54, 1.807) is 6.92 Å². The van der Waals surface area contributed by atoms with Gasteiger partial charge in [-0.2, -0.15) is 0 Å². The summed E-state index contributed by atoms with van der Waals surface area (Å²) in [5.41, 5.74) is 1.06. The van der Waals surface area contributed by atoms with Crippen molar-refractivity contribution < 1.29 is 14.3 Å². The minimum absolute atomic E-state index is 0.300. The Kier molecular flexibility index (Phi) is 7.73. The molecule has 0 aliphatic heterocycles. The Morgan fingerprint density at radius 1 is 1.25 bits per heavy atom. The molecule has 1 rings (SSSR count). The van der Waals surface area contributed by atoms with Crippen molar-refractivity contribution in [2.75, 3.05) is 13.2 Å². The first-order valence-corrected chi connectivity index (χ1v) is 7.34. The zero-order valence-electron chi connectivity index (χ0n) is 12.6. The summed E-state index contributed by atoms with van der Waals surface area (Å²) in [5.74, 6) is 0.447. The van der Waals surface area contributed by atoms with Crippen LogP contribution in [0.15, 0.2) is 24.3 Å². The second-order valence-corrected chi connectivity index (χ2v) is 4.55. The highest BCUT2D eigenvalue weighted by Gasteiger charge is 2.20. The molecule has 0 radical (unpaired) electrons. The fraction of sp³-hybridized carbons (Fsp3) is 0.562. The molecule has 0 aliphatic rings. The largest absolute Gasteiger partial charge is 0.478 e. The van der Waals surface area contributed by atoms with E-state index in [0.29, 0.717) is 13.0 Å². The smallest absolute Gasteiger partial charge is 0.347 e. The van der Waals surface area contributed by atoms with Gasteiger partial charge in [0.05, 0.1) is 6.61 Å². The van der Waals surface area contributed by atoms with E-state index in [9.17, 15) is 4.79 Å². The van der Waals surface area contributed by atoms with E-state index in [1.807, 2.05) is 31.2 Å². The molecular formula is C16H25NO3. The number of esters is 1. The van der Waals surface area contributed by atoms with Crippen molar-refractivity contribution in [1.29, 1.82) is 0 Å². The number of hydrogen-bond donors (Lipinski definition) is 1. The van der Waals surface area contributed by atoms with Crippen LogP contribution in [0.3, 0.4) is 0 Å². The van der Waals surface area contributed by atoms with Crippen molar-refractivity contribution in [3.05, 3.63) is 29.8 Å². The number of rotatable bonds is 9. The van der Waals surface area contributed by atoms with Crippen molar-refractivity contribution in [3.63, 3.8) is 0 Å². The van der Waals surface area contributed by atoms with Gasteiger partial charge in [0.1, 0.15) is 5.75 Å². The molecule has 0 saturated heterocycles. The van der Waals surface area contributed by atoms with Gasteiger partial charge in [0, 0.05) is 12.1 Å². The number of para-hydroxylation sites is 1. The van der Waals surface area contributed by atoms with Gasteiger partial charge in [-0.15, -0.1) is 0 Å². The summed E-state index contributed by atoms with van der Waals surface area (Å²) in [6, 6.07) is 7.79. The van der Waals surface area contributed by atoms with Gasteiger partial charge in [-0.25, -0.2) is 4.79 Å². The monoisotopic (exact) mass is 279 g/mol.